The van der Waals surface area contributed by atoms with Gasteiger partial charge in [-0.1, -0.05) is 6.07 Å². The van der Waals surface area contributed by atoms with Crippen LogP contribution in [0.3, 0.4) is 0 Å². The molecule has 0 bridgehead atoms. The molecule has 4 heteroatoms. The van der Waals surface area contributed by atoms with E-state index >= 15 is 0 Å². The van der Waals surface area contributed by atoms with Gasteiger partial charge in [0.05, 0.1) is 5.56 Å². The Morgan fingerprint density at radius 2 is 2.12 bits per heavy atom. The second-order valence-electron chi connectivity index (χ2n) is 4.31. The molecule has 17 heavy (non-hydrogen) atoms. The van der Waals surface area contributed by atoms with E-state index in [0.29, 0.717) is 17.9 Å². The third-order valence-electron chi connectivity index (χ3n) is 2.96. The molecule has 0 unspecified atom stereocenters. The quantitative estimate of drug-likeness (QED) is 0.634. The van der Waals surface area contributed by atoms with Gasteiger partial charge >= 0.3 is 5.97 Å². The highest BCUT2D eigenvalue weighted by molar-refractivity contribution is 5.90. The number of likely N-dealkylation sites (tertiary alicyclic amines) is 1. The summed E-state index contributed by atoms with van der Waals surface area (Å²) in [4.78, 5) is 14.0. The number of hydrogen-bond donors (Lipinski definition) is 1. The molecule has 92 valence electrons. The summed E-state index contributed by atoms with van der Waals surface area (Å²) < 4.78 is 5.21. The van der Waals surface area contributed by atoms with E-state index < -0.39 is 0 Å². The summed E-state index contributed by atoms with van der Waals surface area (Å²) in [6, 6.07) is 6.86. The molecular weight excluding hydrogens is 216 g/mol. The highest BCUT2D eigenvalue weighted by Crippen LogP contribution is 2.09. The largest absolute Gasteiger partial charge is 0.461 e. The van der Waals surface area contributed by atoms with Crippen LogP contribution in [0.1, 0.15) is 23.2 Å². The fourth-order valence-electron chi connectivity index (χ4n) is 2.02. The summed E-state index contributed by atoms with van der Waals surface area (Å²) in [6.07, 6.45) is 2.51. The number of nitrogens with two attached hydrogens (primary N) is 1. The van der Waals surface area contributed by atoms with Crippen LogP contribution in [0.4, 0.5) is 5.69 Å². The Hall–Kier alpha value is -1.55. The van der Waals surface area contributed by atoms with Crippen LogP contribution in [0.25, 0.3) is 0 Å². The van der Waals surface area contributed by atoms with Crippen LogP contribution in [0, 0.1) is 0 Å². The first-order valence-corrected chi connectivity index (χ1v) is 6.01. The highest BCUT2D eigenvalue weighted by atomic mass is 16.5. The van der Waals surface area contributed by atoms with E-state index in [9.17, 15) is 4.79 Å². The smallest absolute Gasteiger partial charge is 0.338 e. The van der Waals surface area contributed by atoms with Gasteiger partial charge in [-0.3, -0.25) is 4.90 Å². The number of carbonyl (C=O) groups excluding carboxylic acids is 1. The minimum absolute atomic E-state index is 0.295. The molecule has 0 aromatic heterocycles. The fraction of sp³-hybridized carbons (Fsp3) is 0.462. The van der Waals surface area contributed by atoms with E-state index in [-0.39, 0.29) is 5.97 Å². The molecule has 1 heterocycles. The molecule has 0 aliphatic carbocycles. The summed E-state index contributed by atoms with van der Waals surface area (Å²) in [5.74, 6) is -0.295. The molecule has 4 nitrogen and oxygen atoms in total. The van der Waals surface area contributed by atoms with Crippen LogP contribution in [0.5, 0.6) is 0 Å². The van der Waals surface area contributed by atoms with Crippen molar-refractivity contribution in [1.82, 2.24) is 4.90 Å². The van der Waals surface area contributed by atoms with Crippen LogP contribution in [0.2, 0.25) is 0 Å². The summed E-state index contributed by atoms with van der Waals surface area (Å²) in [5, 5.41) is 0. The van der Waals surface area contributed by atoms with Crippen LogP contribution in [-0.4, -0.2) is 37.1 Å². The molecule has 1 fully saturated rings. The molecule has 0 radical (unpaired) electrons. The standard InChI is InChI=1S/C13H18N2O2/c14-12-5-3-4-11(10-12)13(16)17-9-8-15-6-1-2-7-15/h3-5,10H,1-2,6-9,14H2. The lowest BCUT2D eigenvalue weighted by Gasteiger charge is -2.14. The number of carbonyl (C=O) groups is 1. The molecule has 0 spiro atoms. The number of hydrogen-bond acceptors (Lipinski definition) is 4. The first-order chi connectivity index (χ1) is 8.25. The van der Waals surface area contributed by atoms with Crippen LogP contribution in [0.15, 0.2) is 24.3 Å². The lowest BCUT2D eigenvalue weighted by atomic mass is 10.2. The van der Waals surface area contributed by atoms with Crippen LogP contribution < -0.4 is 5.73 Å². The number of ether oxygens (including phenoxy) is 1. The molecule has 1 aromatic carbocycles. The molecular formula is C13H18N2O2. The van der Waals surface area contributed by atoms with Crippen LogP contribution >= 0.6 is 0 Å². The first-order valence-electron chi connectivity index (χ1n) is 6.01. The average Bonchev–Trinajstić information content (AvgIpc) is 2.82. The molecule has 1 saturated heterocycles. The lowest BCUT2D eigenvalue weighted by molar-refractivity contribution is 0.0472. The Morgan fingerprint density at radius 3 is 2.82 bits per heavy atom. The molecule has 1 aromatic rings. The maximum Gasteiger partial charge on any atom is 0.338 e. The van der Waals surface area contributed by atoms with Crippen molar-refractivity contribution in [2.75, 3.05) is 32.0 Å². The lowest BCUT2D eigenvalue weighted by Crippen LogP contribution is -2.25. The van der Waals surface area contributed by atoms with Gasteiger partial charge in [-0.05, 0) is 44.1 Å². The zero-order valence-electron chi connectivity index (χ0n) is 9.89. The van der Waals surface area contributed by atoms with Crippen molar-refractivity contribution in [3.8, 4) is 0 Å². The normalized spacial score (nSPS) is 16.0. The molecule has 0 saturated carbocycles. The summed E-state index contributed by atoms with van der Waals surface area (Å²) in [6.45, 7) is 3.52. The van der Waals surface area contributed by atoms with Gasteiger partial charge in [-0.2, -0.15) is 0 Å². The van der Waals surface area contributed by atoms with Crippen molar-refractivity contribution in [2.45, 2.75) is 12.8 Å². The van der Waals surface area contributed by atoms with Crippen molar-refractivity contribution in [2.24, 2.45) is 0 Å². The second-order valence-corrected chi connectivity index (χ2v) is 4.31. The molecule has 2 N–H and O–H groups in total. The maximum atomic E-state index is 11.7. The van der Waals surface area contributed by atoms with Crippen molar-refractivity contribution in [1.29, 1.82) is 0 Å². The Balaban J connectivity index is 1.77. The number of anilines is 1. The topological polar surface area (TPSA) is 55.6 Å². The van der Waals surface area contributed by atoms with Gasteiger partial charge in [0.1, 0.15) is 6.61 Å². The van der Waals surface area contributed by atoms with E-state index in [1.807, 2.05) is 0 Å². The Morgan fingerprint density at radius 1 is 1.35 bits per heavy atom. The van der Waals surface area contributed by atoms with Gasteiger partial charge in [0, 0.05) is 12.2 Å². The third kappa shape index (κ3) is 3.46. The van der Waals surface area contributed by atoms with Crippen molar-refractivity contribution < 1.29 is 9.53 Å². The minimum atomic E-state index is -0.295. The van der Waals surface area contributed by atoms with Gasteiger partial charge in [-0.25, -0.2) is 4.79 Å². The maximum absolute atomic E-state index is 11.7. The summed E-state index contributed by atoms with van der Waals surface area (Å²) in [5.41, 5.74) is 6.71. The van der Waals surface area contributed by atoms with Crippen molar-refractivity contribution in [3.05, 3.63) is 29.8 Å². The van der Waals surface area contributed by atoms with Crippen molar-refractivity contribution >= 4 is 11.7 Å². The SMILES string of the molecule is Nc1cccc(C(=O)OCCN2CCCC2)c1. The Bertz CT molecular complexity index is 387. The molecule has 0 amide bonds. The van der Waals surface area contributed by atoms with Gasteiger partial charge in [0.25, 0.3) is 0 Å². The number of benzene rings is 1. The minimum Gasteiger partial charge on any atom is -0.461 e. The average molecular weight is 234 g/mol. The fourth-order valence-corrected chi connectivity index (χ4v) is 2.02. The number of nitrogen functional groups attached to an aromatic ring is 1. The second kappa shape index (κ2) is 5.68. The summed E-state index contributed by atoms with van der Waals surface area (Å²) >= 11 is 0. The number of nitrogens with zero attached hydrogens (tertiary/aromatic N) is 1. The van der Waals surface area contributed by atoms with Gasteiger partial charge in [0.2, 0.25) is 0 Å². The van der Waals surface area contributed by atoms with Gasteiger partial charge in [-0.15, -0.1) is 0 Å². The Labute approximate surface area is 101 Å². The number of esters is 1. The van der Waals surface area contributed by atoms with E-state index in [2.05, 4.69) is 4.90 Å². The van der Waals surface area contributed by atoms with Gasteiger partial charge in [0.15, 0.2) is 0 Å². The molecule has 2 rings (SSSR count). The molecule has 1 aliphatic heterocycles. The monoisotopic (exact) mass is 234 g/mol. The van der Waals surface area contributed by atoms with Crippen LogP contribution in [-0.2, 0) is 4.74 Å². The number of rotatable bonds is 4. The van der Waals surface area contributed by atoms with Gasteiger partial charge < -0.3 is 10.5 Å². The summed E-state index contributed by atoms with van der Waals surface area (Å²) in [7, 11) is 0. The van der Waals surface area contributed by atoms with E-state index in [0.717, 1.165) is 19.6 Å². The van der Waals surface area contributed by atoms with E-state index in [1.165, 1.54) is 12.8 Å². The predicted molar refractivity (Wildman–Crippen MR) is 66.8 cm³/mol. The highest BCUT2D eigenvalue weighted by Gasteiger charge is 2.12. The third-order valence-corrected chi connectivity index (χ3v) is 2.96. The van der Waals surface area contributed by atoms with Crippen molar-refractivity contribution in [3.63, 3.8) is 0 Å². The Kier molecular flexibility index (Phi) is 3.98. The van der Waals surface area contributed by atoms with E-state index in [1.54, 1.807) is 24.3 Å². The molecule has 1 aliphatic rings. The first kappa shape index (κ1) is 11.9. The zero-order valence-corrected chi connectivity index (χ0v) is 9.89. The van der Waals surface area contributed by atoms with E-state index in [4.69, 9.17) is 10.5 Å². The molecule has 0 atom stereocenters. The zero-order chi connectivity index (χ0) is 12.1. The predicted octanol–water partition coefficient (Wildman–Crippen LogP) is 1.52.